The summed E-state index contributed by atoms with van der Waals surface area (Å²) in [6.07, 6.45) is 2.07. The lowest BCUT2D eigenvalue weighted by molar-refractivity contribution is -0.137. The molecule has 1 heterocycles. The maximum absolute atomic E-state index is 12.0. The fourth-order valence-electron chi connectivity index (χ4n) is 2.45. The summed E-state index contributed by atoms with van der Waals surface area (Å²) >= 11 is 0. The van der Waals surface area contributed by atoms with Crippen molar-refractivity contribution >= 4 is 39.3 Å². The average molecular weight is 533 g/mol. The first-order valence-electron chi connectivity index (χ1n) is 11.9. The van der Waals surface area contributed by atoms with Gasteiger partial charge in [0, 0.05) is 62.5 Å². The van der Waals surface area contributed by atoms with Gasteiger partial charge in [-0.2, -0.15) is 0 Å². The number of hydrogen-bond acceptors (Lipinski definition) is 8. The van der Waals surface area contributed by atoms with Crippen molar-refractivity contribution in [2.75, 3.05) is 44.9 Å². The van der Waals surface area contributed by atoms with Gasteiger partial charge in [-0.25, -0.2) is 0 Å². The van der Waals surface area contributed by atoms with E-state index in [1.54, 1.807) is 53.8 Å². The van der Waals surface area contributed by atoms with Crippen LogP contribution < -0.4 is 16.0 Å². The van der Waals surface area contributed by atoms with E-state index < -0.39 is 17.4 Å². The van der Waals surface area contributed by atoms with E-state index in [0.29, 0.717) is 18.7 Å². The molecule has 35 heavy (non-hydrogen) atoms. The van der Waals surface area contributed by atoms with E-state index in [9.17, 15) is 19.5 Å². The van der Waals surface area contributed by atoms with Gasteiger partial charge in [-0.1, -0.05) is 63.1 Å². The molecule has 9 nitrogen and oxygen atoms in total. The predicted octanol–water partition coefficient (Wildman–Crippen LogP) is 2.90. The van der Waals surface area contributed by atoms with Gasteiger partial charge in [0.05, 0.1) is 12.2 Å². The maximum atomic E-state index is 12.0. The van der Waals surface area contributed by atoms with Crippen molar-refractivity contribution in [3.63, 3.8) is 0 Å². The highest BCUT2D eigenvalue weighted by Crippen LogP contribution is 2.21. The fourth-order valence-corrected chi connectivity index (χ4v) is 4.26. The first-order chi connectivity index (χ1) is 16.8. The summed E-state index contributed by atoms with van der Waals surface area (Å²) in [6, 6.07) is 3.43. The van der Waals surface area contributed by atoms with E-state index in [1.807, 2.05) is 27.7 Å². The number of pyridine rings is 1. The highest BCUT2D eigenvalue weighted by molar-refractivity contribution is 8.76. The number of hydrogen-bond donors (Lipinski definition) is 4. The molecule has 0 aliphatic rings. The number of nitrogens with zero attached hydrogens (tertiary/aromatic N) is 1. The molecule has 1 atom stereocenters. The second-order valence-corrected chi connectivity index (χ2v) is 10.1. The number of nitrogens with one attached hydrogen (secondary N) is 3. The van der Waals surface area contributed by atoms with Gasteiger partial charge in [0.15, 0.2) is 0 Å². The van der Waals surface area contributed by atoms with Crippen LogP contribution in [0.2, 0.25) is 0 Å². The molecule has 202 valence electrons. The van der Waals surface area contributed by atoms with Crippen LogP contribution in [0.1, 0.15) is 58.3 Å². The molecule has 0 fully saturated rings. The van der Waals surface area contributed by atoms with Gasteiger partial charge in [-0.05, 0) is 12.1 Å². The Morgan fingerprint density at radius 3 is 2.17 bits per heavy atom. The number of ether oxygens (including phenoxy) is 1. The molecule has 1 rings (SSSR count). The molecule has 0 unspecified atom stereocenters. The van der Waals surface area contributed by atoms with Crippen LogP contribution in [0, 0.1) is 5.41 Å². The number of amides is 3. The highest BCUT2D eigenvalue weighted by Gasteiger charge is 2.33. The van der Waals surface area contributed by atoms with Gasteiger partial charge in [0.2, 0.25) is 11.8 Å². The van der Waals surface area contributed by atoms with E-state index in [0.717, 1.165) is 11.5 Å². The summed E-state index contributed by atoms with van der Waals surface area (Å²) < 4.78 is 5.01. The number of rotatable bonds is 15. The zero-order valence-corrected chi connectivity index (χ0v) is 23.8. The van der Waals surface area contributed by atoms with E-state index in [4.69, 9.17) is 4.74 Å². The number of aliphatic hydroxyl groups excluding tert-OH is 1. The minimum atomic E-state index is -1.21. The van der Waals surface area contributed by atoms with Crippen LogP contribution in [0.5, 0.6) is 0 Å². The molecule has 0 radical (unpaired) electrons. The lowest BCUT2D eigenvalue weighted by Crippen LogP contribution is -2.46. The molecule has 11 heteroatoms. The maximum Gasteiger partial charge on any atom is 0.252 e. The van der Waals surface area contributed by atoms with Crippen molar-refractivity contribution in [2.45, 2.75) is 54.1 Å². The van der Waals surface area contributed by atoms with Crippen LogP contribution in [0.25, 0.3) is 0 Å². The Morgan fingerprint density at radius 2 is 1.63 bits per heavy atom. The third-order valence-corrected chi connectivity index (χ3v) is 6.55. The standard InChI is InChI=1S/C20H32N4O5S2.2C2H6/c1-20(2,14-29-3)17(26)19(28)23-8-6-16(25)22-9-11-30-31-12-10-24-18(27)15-5-4-7-21-13-15;2*1-2/h4-5,7,13,17,26H,6,8-12,14H2,1-3H3,(H,22,25)(H,23,28)(H,24,27);2*1-2H3/t17-;;/m0../s1. The van der Waals surface area contributed by atoms with Crippen molar-refractivity contribution in [2.24, 2.45) is 5.41 Å². The van der Waals surface area contributed by atoms with Crippen molar-refractivity contribution < 1.29 is 24.2 Å². The normalized spacial score (nSPS) is 11.1. The van der Waals surface area contributed by atoms with Crippen molar-refractivity contribution in [1.29, 1.82) is 0 Å². The van der Waals surface area contributed by atoms with Crippen molar-refractivity contribution in [3.8, 4) is 0 Å². The number of methoxy groups -OCH3 is 1. The molecule has 0 aromatic carbocycles. The molecular weight excluding hydrogens is 488 g/mol. The van der Waals surface area contributed by atoms with Gasteiger partial charge in [-0.3, -0.25) is 19.4 Å². The number of aliphatic hydroxyl groups is 1. The van der Waals surface area contributed by atoms with E-state index >= 15 is 0 Å². The van der Waals surface area contributed by atoms with Gasteiger partial charge in [0.25, 0.3) is 5.91 Å². The second-order valence-electron chi connectivity index (χ2n) is 7.36. The number of carbonyl (C=O) groups is 3. The molecule has 3 amide bonds. The van der Waals surface area contributed by atoms with Gasteiger partial charge in [-0.15, -0.1) is 0 Å². The third kappa shape index (κ3) is 17.3. The van der Waals surface area contributed by atoms with Crippen molar-refractivity contribution in [1.82, 2.24) is 20.9 Å². The topological polar surface area (TPSA) is 130 Å². The van der Waals surface area contributed by atoms with E-state index in [2.05, 4.69) is 20.9 Å². The molecule has 0 aliphatic carbocycles. The zero-order valence-electron chi connectivity index (χ0n) is 22.2. The summed E-state index contributed by atoms with van der Waals surface area (Å²) in [4.78, 5) is 39.5. The Kier molecular flexibility index (Phi) is 22.9. The van der Waals surface area contributed by atoms with Gasteiger partial charge >= 0.3 is 0 Å². The SMILES string of the molecule is CC.CC.COCC(C)(C)[C@@H](O)C(=O)NCCC(=O)NCCSSCCNC(=O)c1cccnc1. The van der Waals surface area contributed by atoms with Gasteiger partial charge < -0.3 is 25.8 Å². The zero-order chi connectivity index (χ0) is 27.1. The van der Waals surface area contributed by atoms with Crippen LogP contribution >= 0.6 is 21.6 Å². The fraction of sp³-hybridized carbons (Fsp3) is 0.667. The first-order valence-corrected chi connectivity index (χ1v) is 14.4. The minimum absolute atomic E-state index is 0.140. The summed E-state index contributed by atoms with van der Waals surface area (Å²) in [7, 11) is 4.73. The Labute approximate surface area is 218 Å². The Bertz CT molecular complexity index is 694. The Morgan fingerprint density at radius 1 is 1.03 bits per heavy atom. The monoisotopic (exact) mass is 532 g/mol. The van der Waals surface area contributed by atoms with Crippen LogP contribution in [0.4, 0.5) is 0 Å². The van der Waals surface area contributed by atoms with Crippen LogP contribution in [-0.2, 0) is 14.3 Å². The van der Waals surface area contributed by atoms with Crippen LogP contribution in [0.3, 0.4) is 0 Å². The molecule has 0 spiro atoms. The number of aromatic nitrogens is 1. The first kappa shape index (κ1) is 35.3. The van der Waals surface area contributed by atoms with Crippen LogP contribution in [-0.4, -0.2) is 78.8 Å². The van der Waals surface area contributed by atoms with Crippen molar-refractivity contribution in [3.05, 3.63) is 30.1 Å². The van der Waals surface area contributed by atoms with Gasteiger partial charge in [0.1, 0.15) is 6.10 Å². The summed E-state index contributed by atoms with van der Waals surface area (Å²) in [5.41, 5.74) is -0.176. The Balaban J connectivity index is 0. The summed E-state index contributed by atoms with van der Waals surface area (Å²) in [5, 5.41) is 18.2. The molecule has 4 N–H and O–H groups in total. The molecule has 1 aromatic rings. The molecule has 0 saturated carbocycles. The largest absolute Gasteiger partial charge is 0.384 e. The lowest BCUT2D eigenvalue weighted by atomic mass is 9.87. The highest BCUT2D eigenvalue weighted by atomic mass is 33.1. The molecule has 1 aromatic heterocycles. The van der Waals surface area contributed by atoms with Crippen LogP contribution in [0.15, 0.2) is 24.5 Å². The molecule has 0 bridgehead atoms. The average Bonchev–Trinajstić information content (AvgIpc) is 2.87. The smallest absolute Gasteiger partial charge is 0.252 e. The molecule has 0 saturated heterocycles. The summed E-state index contributed by atoms with van der Waals surface area (Å²) in [6.45, 7) is 12.9. The quantitative estimate of drug-likeness (QED) is 0.200. The third-order valence-electron chi connectivity index (χ3n) is 4.14. The van der Waals surface area contributed by atoms with E-state index in [1.165, 1.54) is 13.3 Å². The minimum Gasteiger partial charge on any atom is -0.384 e. The predicted molar refractivity (Wildman–Crippen MR) is 146 cm³/mol. The Hall–Kier alpha value is -1.82. The number of carbonyl (C=O) groups excluding carboxylic acids is 3. The second kappa shape index (κ2) is 22.6. The lowest BCUT2D eigenvalue weighted by Gasteiger charge is -2.28. The molecular formula is C24H44N4O5S2. The molecule has 0 aliphatic heterocycles. The van der Waals surface area contributed by atoms with E-state index in [-0.39, 0.29) is 31.4 Å². The summed E-state index contributed by atoms with van der Waals surface area (Å²) in [5.74, 6) is 0.646.